The molecule has 0 aliphatic carbocycles. The number of fused-ring (bicyclic) bond motifs is 1. The third-order valence-electron chi connectivity index (χ3n) is 3.91. The van der Waals surface area contributed by atoms with Crippen LogP contribution in [0.1, 0.15) is 11.1 Å². The van der Waals surface area contributed by atoms with Crippen molar-refractivity contribution in [3.8, 4) is 5.75 Å². The Labute approximate surface area is 145 Å². The number of ether oxygens (including phenoxy) is 1. The number of nitrogens with one attached hydrogen (secondary N) is 1. The van der Waals surface area contributed by atoms with Crippen LogP contribution < -0.4 is 15.0 Å². The number of rotatable bonds is 3. The summed E-state index contributed by atoms with van der Waals surface area (Å²) < 4.78 is 5.38. The molecule has 0 bridgehead atoms. The maximum atomic E-state index is 12.4. The molecule has 6 heteroatoms. The molecule has 2 amide bonds. The summed E-state index contributed by atoms with van der Waals surface area (Å²) in [7, 11) is 0. The van der Waals surface area contributed by atoms with Crippen LogP contribution in [-0.4, -0.2) is 25.0 Å². The van der Waals surface area contributed by atoms with Crippen molar-refractivity contribution >= 4 is 34.8 Å². The Hall–Kier alpha value is -2.53. The first-order valence-corrected chi connectivity index (χ1v) is 7.92. The highest BCUT2D eigenvalue weighted by molar-refractivity contribution is 6.31. The average molecular weight is 345 g/mol. The fourth-order valence-corrected chi connectivity index (χ4v) is 2.85. The smallest absolute Gasteiger partial charge is 0.265 e. The predicted molar refractivity (Wildman–Crippen MR) is 93.8 cm³/mol. The number of nitrogens with zero attached hydrogens (tertiary/aromatic N) is 1. The van der Waals surface area contributed by atoms with Crippen LogP contribution >= 0.6 is 11.6 Å². The Bertz CT molecular complexity index is 800. The van der Waals surface area contributed by atoms with Gasteiger partial charge in [-0.05, 0) is 43.2 Å². The van der Waals surface area contributed by atoms with Gasteiger partial charge in [0.1, 0.15) is 12.3 Å². The SMILES string of the molecule is Cc1cccc(C)c1NC(=O)CN1C(=O)COc2ccc(Cl)cc21. The Balaban J connectivity index is 1.82. The molecule has 0 saturated carbocycles. The van der Waals surface area contributed by atoms with Crippen molar-refractivity contribution in [3.05, 3.63) is 52.5 Å². The van der Waals surface area contributed by atoms with Gasteiger partial charge in [0.25, 0.3) is 5.91 Å². The molecule has 124 valence electrons. The van der Waals surface area contributed by atoms with Crippen LogP contribution in [0.3, 0.4) is 0 Å². The Kier molecular flexibility index (Phi) is 4.44. The fraction of sp³-hybridized carbons (Fsp3) is 0.222. The third-order valence-corrected chi connectivity index (χ3v) is 4.15. The van der Waals surface area contributed by atoms with Crippen LogP contribution in [0.15, 0.2) is 36.4 Å². The van der Waals surface area contributed by atoms with E-state index in [0.29, 0.717) is 16.5 Å². The molecule has 1 heterocycles. The van der Waals surface area contributed by atoms with E-state index in [4.69, 9.17) is 16.3 Å². The highest BCUT2D eigenvalue weighted by Gasteiger charge is 2.27. The van der Waals surface area contributed by atoms with Crippen LogP contribution in [0.2, 0.25) is 5.02 Å². The first-order valence-electron chi connectivity index (χ1n) is 7.54. The van der Waals surface area contributed by atoms with Crippen LogP contribution in [0, 0.1) is 13.8 Å². The maximum Gasteiger partial charge on any atom is 0.265 e. The van der Waals surface area contributed by atoms with Crippen LogP contribution in [-0.2, 0) is 9.59 Å². The van der Waals surface area contributed by atoms with Crippen molar-refractivity contribution in [1.82, 2.24) is 0 Å². The van der Waals surface area contributed by atoms with E-state index in [0.717, 1.165) is 16.8 Å². The van der Waals surface area contributed by atoms with Crippen LogP contribution in [0.4, 0.5) is 11.4 Å². The summed E-state index contributed by atoms with van der Waals surface area (Å²) in [6, 6.07) is 10.8. The van der Waals surface area contributed by atoms with Gasteiger partial charge in [-0.1, -0.05) is 29.8 Å². The average Bonchev–Trinajstić information content (AvgIpc) is 2.54. The number of para-hydroxylation sites is 1. The number of hydrogen-bond donors (Lipinski definition) is 1. The number of carbonyl (C=O) groups excluding carboxylic acids is 2. The molecular formula is C18H17ClN2O3. The molecule has 0 fully saturated rings. The monoisotopic (exact) mass is 344 g/mol. The molecule has 1 aliphatic rings. The molecule has 0 radical (unpaired) electrons. The van der Waals surface area contributed by atoms with Gasteiger partial charge in [0.15, 0.2) is 6.61 Å². The lowest BCUT2D eigenvalue weighted by Crippen LogP contribution is -2.43. The maximum absolute atomic E-state index is 12.4. The lowest BCUT2D eigenvalue weighted by atomic mass is 10.1. The van der Waals surface area contributed by atoms with Gasteiger partial charge in [-0.15, -0.1) is 0 Å². The second-order valence-electron chi connectivity index (χ2n) is 5.70. The molecule has 3 rings (SSSR count). The van der Waals surface area contributed by atoms with E-state index >= 15 is 0 Å². The molecule has 0 atom stereocenters. The first-order chi connectivity index (χ1) is 11.5. The van der Waals surface area contributed by atoms with E-state index in [2.05, 4.69) is 5.32 Å². The summed E-state index contributed by atoms with van der Waals surface area (Å²) in [5.74, 6) is -0.00568. The van der Waals surface area contributed by atoms with E-state index in [-0.39, 0.29) is 25.0 Å². The predicted octanol–water partition coefficient (Wildman–Crippen LogP) is 3.32. The summed E-state index contributed by atoms with van der Waals surface area (Å²) in [4.78, 5) is 26.0. The van der Waals surface area contributed by atoms with Crippen molar-refractivity contribution in [2.24, 2.45) is 0 Å². The van der Waals surface area contributed by atoms with Crippen molar-refractivity contribution < 1.29 is 14.3 Å². The summed E-state index contributed by atoms with van der Waals surface area (Å²) in [5.41, 5.74) is 3.23. The first kappa shape index (κ1) is 16.3. The number of carbonyl (C=O) groups is 2. The molecule has 0 aromatic heterocycles. The van der Waals surface area contributed by atoms with Gasteiger partial charge in [0, 0.05) is 10.7 Å². The molecule has 1 aliphatic heterocycles. The highest BCUT2D eigenvalue weighted by Crippen LogP contribution is 2.34. The van der Waals surface area contributed by atoms with Crippen molar-refractivity contribution in [2.75, 3.05) is 23.4 Å². The minimum atomic E-state index is -0.276. The second-order valence-corrected chi connectivity index (χ2v) is 6.13. The summed E-state index contributed by atoms with van der Waals surface area (Å²) in [6.45, 7) is 3.67. The quantitative estimate of drug-likeness (QED) is 0.929. The molecule has 0 unspecified atom stereocenters. The third kappa shape index (κ3) is 3.21. The molecule has 2 aromatic rings. The number of halogens is 1. The fourth-order valence-electron chi connectivity index (χ4n) is 2.68. The molecule has 0 spiro atoms. The number of aryl methyl sites for hydroxylation is 2. The van der Waals surface area contributed by atoms with Crippen molar-refractivity contribution in [2.45, 2.75) is 13.8 Å². The molecule has 24 heavy (non-hydrogen) atoms. The zero-order chi connectivity index (χ0) is 17.3. The zero-order valence-electron chi connectivity index (χ0n) is 13.4. The number of hydrogen-bond acceptors (Lipinski definition) is 3. The Morgan fingerprint density at radius 3 is 2.67 bits per heavy atom. The summed E-state index contributed by atoms with van der Waals surface area (Å²) in [6.07, 6.45) is 0. The lowest BCUT2D eigenvalue weighted by Gasteiger charge is -2.29. The van der Waals surface area contributed by atoms with E-state index in [1.165, 1.54) is 4.90 Å². The largest absolute Gasteiger partial charge is 0.482 e. The number of benzene rings is 2. The van der Waals surface area contributed by atoms with Crippen molar-refractivity contribution in [3.63, 3.8) is 0 Å². The Morgan fingerprint density at radius 2 is 1.96 bits per heavy atom. The second kappa shape index (κ2) is 6.53. The van der Waals surface area contributed by atoms with Gasteiger partial charge >= 0.3 is 0 Å². The minimum Gasteiger partial charge on any atom is -0.482 e. The molecule has 1 N–H and O–H groups in total. The standard InChI is InChI=1S/C18H17ClN2O3/c1-11-4-3-5-12(2)18(11)20-16(22)9-21-14-8-13(19)6-7-15(14)24-10-17(21)23/h3-8H,9-10H2,1-2H3,(H,20,22). The summed E-state index contributed by atoms with van der Waals surface area (Å²) >= 11 is 6.00. The van der Waals surface area contributed by atoms with E-state index in [1.54, 1.807) is 18.2 Å². The van der Waals surface area contributed by atoms with Gasteiger partial charge in [0.2, 0.25) is 5.91 Å². The van der Waals surface area contributed by atoms with Gasteiger partial charge in [-0.3, -0.25) is 14.5 Å². The topological polar surface area (TPSA) is 58.6 Å². The lowest BCUT2D eigenvalue weighted by molar-refractivity contribution is -0.123. The minimum absolute atomic E-state index is 0.0920. The van der Waals surface area contributed by atoms with Gasteiger partial charge < -0.3 is 10.1 Å². The number of amides is 2. The van der Waals surface area contributed by atoms with E-state index < -0.39 is 0 Å². The normalized spacial score (nSPS) is 13.3. The molecule has 0 saturated heterocycles. The molecular weight excluding hydrogens is 328 g/mol. The highest BCUT2D eigenvalue weighted by atomic mass is 35.5. The van der Waals surface area contributed by atoms with Gasteiger partial charge in [-0.2, -0.15) is 0 Å². The van der Waals surface area contributed by atoms with E-state index in [9.17, 15) is 9.59 Å². The van der Waals surface area contributed by atoms with Crippen LogP contribution in [0.25, 0.3) is 0 Å². The summed E-state index contributed by atoms with van der Waals surface area (Å²) in [5, 5.41) is 3.36. The van der Waals surface area contributed by atoms with E-state index in [1.807, 2.05) is 32.0 Å². The Morgan fingerprint density at radius 1 is 1.25 bits per heavy atom. The van der Waals surface area contributed by atoms with Gasteiger partial charge in [-0.25, -0.2) is 0 Å². The molecule has 2 aromatic carbocycles. The number of anilines is 2. The zero-order valence-corrected chi connectivity index (χ0v) is 14.2. The van der Waals surface area contributed by atoms with Crippen LogP contribution in [0.5, 0.6) is 5.75 Å². The van der Waals surface area contributed by atoms with Crippen molar-refractivity contribution in [1.29, 1.82) is 0 Å². The van der Waals surface area contributed by atoms with Gasteiger partial charge in [0.05, 0.1) is 5.69 Å². The molecule has 5 nitrogen and oxygen atoms in total.